The molecule has 9 heteroatoms. The zero-order chi connectivity index (χ0) is 20.9. The second-order valence-electron chi connectivity index (χ2n) is 6.46. The van der Waals surface area contributed by atoms with Gasteiger partial charge in [0.15, 0.2) is 0 Å². The van der Waals surface area contributed by atoms with Crippen LogP contribution in [0.5, 0.6) is 5.75 Å². The number of ether oxygens (including phenoxy) is 1. The lowest BCUT2D eigenvalue weighted by atomic mass is 10.2. The molecule has 2 N–H and O–H groups in total. The molecule has 0 radical (unpaired) electrons. The second kappa shape index (κ2) is 8.98. The maximum Gasteiger partial charge on any atom is 0.258 e. The maximum atomic E-state index is 13.3. The molecule has 0 saturated carbocycles. The number of halogens is 2. The van der Waals surface area contributed by atoms with Crippen molar-refractivity contribution >= 4 is 22.5 Å². The summed E-state index contributed by atoms with van der Waals surface area (Å²) >= 11 is 5.76. The molecule has 0 aliphatic heterocycles. The molecule has 7 nitrogen and oxygen atoms in total. The van der Waals surface area contributed by atoms with Crippen molar-refractivity contribution in [2.75, 3.05) is 0 Å². The number of H-pyrrole nitrogens is 1. The van der Waals surface area contributed by atoms with E-state index in [1.54, 1.807) is 18.5 Å². The number of aromatic nitrogens is 4. The number of aromatic amines is 1. The summed E-state index contributed by atoms with van der Waals surface area (Å²) in [7, 11) is 0. The Balaban J connectivity index is 1.52. The summed E-state index contributed by atoms with van der Waals surface area (Å²) in [4.78, 5) is 28.3. The molecule has 4 rings (SSSR count). The molecule has 0 fully saturated rings. The van der Waals surface area contributed by atoms with Crippen molar-refractivity contribution in [1.82, 2.24) is 25.3 Å². The molecule has 1 aromatic carbocycles. The fourth-order valence-corrected chi connectivity index (χ4v) is 3.06. The summed E-state index contributed by atoms with van der Waals surface area (Å²) in [6.45, 7) is 0.963. The minimum Gasteiger partial charge on any atom is -0.486 e. The molecule has 3 aromatic heterocycles. The quantitative estimate of drug-likeness (QED) is 0.471. The zero-order valence-corrected chi connectivity index (χ0v) is 16.5. The van der Waals surface area contributed by atoms with Crippen molar-refractivity contribution in [1.29, 1.82) is 0 Å². The molecular weight excluding hydrogens is 409 g/mol. The normalized spacial score (nSPS) is 11.0. The van der Waals surface area contributed by atoms with Crippen LogP contribution in [-0.2, 0) is 19.7 Å². The van der Waals surface area contributed by atoms with E-state index in [0.717, 1.165) is 5.69 Å². The second-order valence-corrected chi connectivity index (χ2v) is 6.86. The number of hydrogen-bond donors (Lipinski definition) is 2. The average molecular weight is 426 g/mol. The molecule has 0 spiro atoms. The highest BCUT2D eigenvalue weighted by atomic mass is 35.5. The van der Waals surface area contributed by atoms with Gasteiger partial charge >= 0.3 is 0 Å². The molecule has 30 heavy (non-hydrogen) atoms. The molecule has 4 aromatic rings. The summed E-state index contributed by atoms with van der Waals surface area (Å²) < 4.78 is 18.9. The monoisotopic (exact) mass is 425 g/mol. The molecule has 152 valence electrons. The Bertz CT molecular complexity index is 1230. The lowest BCUT2D eigenvalue weighted by Crippen LogP contribution is -2.18. The van der Waals surface area contributed by atoms with Crippen molar-refractivity contribution in [3.05, 3.63) is 93.3 Å². The number of nitrogens with zero attached hydrogens (tertiary/aromatic N) is 3. The van der Waals surface area contributed by atoms with E-state index >= 15 is 0 Å². The van der Waals surface area contributed by atoms with Gasteiger partial charge in [0.2, 0.25) is 0 Å². The minimum atomic E-state index is -0.532. The number of nitrogens with one attached hydrogen (secondary N) is 2. The van der Waals surface area contributed by atoms with Gasteiger partial charge in [-0.25, -0.2) is 9.37 Å². The van der Waals surface area contributed by atoms with Gasteiger partial charge in [-0.05, 0) is 30.3 Å². The van der Waals surface area contributed by atoms with Gasteiger partial charge in [0.25, 0.3) is 5.56 Å². The van der Waals surface area contributed by atoms with E-state index in [1.165, 1.54) is 18.2 Å². The topological polar surface area (TPSA) is 92.8 Å². The zero-order valence-electron chi connectivity index (χ0n) is 15.7. The predicted molar refractivity (Wildman–Crippen MR) is 111 cm³/mol. The Morgan fingerprint density at radius 3 is 2.80 bits per heavy atom. The van der Waals surface area contributed by atoms with E-state index in [-0.39, 0.29) is 17.2 Å². The summed E-state index contributed by atoms with van der Waals surface area (Å²) in [5.41, 5.74) is 1.74. The smallest absolute Gasteiger partial charge is 0.258 e. The van der Waals surface area contributed by atoms with Crippen LogP contribution in [0.2, 0.25) is 5.02 Å². The van der Waals surface area contributed by atoms with Gasteiger partial charge < -0.3 is 15.0 Å². The Morgan fingerprint density at radius 1 is 1.10 bits per heavy atom. The number of hydrogen-bond acceptors (Lipinski definition) is 6. The van der Waals surface area contributed by atoms with Gasteiger partial charge in [-0.3, -0.25) is 14.8 Å². The summed E-state index contributed by atoms with van der Waals surface area (Å²) in [5, 5.41) is 3.65. The lowest BCUT2D eigenvalue weighted by Gasteiger charge is -2.09. The van der Waals surface area contributed by atoms with E-state index in [9.17, 15) is 9.18 Å². The SMILES string of the molecule is O=c1[nH]c(COc2ccc(F)c(Cl)c2)nc2c(CNCc3ccccn3)nccc12. The summed E-state index contributed by atoms with van der Waals surface area (Å²) in [6, 6.07) is 11.3. The molecule has 0 bridgehead atoms. The molecule has 0 atom stereocenters. The van der Waals surface area contributed by atoms with Crippen molar-refractivity contribution in [3.63, 3.8) is 0 Å². The van der Waals surface area contributed by atoms with Crippen LogP contribution in [0, 0.1) is 5.82 Å². The van der Waals surface area contributed by atoms with Gasteiger partial charge in [0, 0.05) is 31.5 Å². The van der Waals surface area contributed by atoms with Crippen LogP contribution in [0.25, 0.3) is 10.9 Å². The lowest BCUT2D eigenvalue weighted by molar-refractivity contribution is 0.295. The number of pyridine rings is 2. The van der Waals surface area contributed by atoms with Gasteiger partial charge in [-0.15, -0.1) is 0 Å². The Morgan fingerprint density at radius 2 is 2.00 bits per heavy atom. The van der Waals surface area contributed by atoms with Crippen LogP contribution in [0.4, 0.5) is 4.39 Å². The molecule has 0 aliphatic carbocycles. The van der Waals surface area contributed by atoms with Crippen molar-refractivity contribution < 1.29 is 9.13 Å². The first kappa shape index (κ1) is 19.9. The van der Waals surface area contributed by atoms with Gasteiger partial charge in [0.1, 0.15) is 29.5 Å². The fourth-order valence-electron chi connectivity index (χ4n) is 2.89. The molecule has 0 amide bonds. The standard InChI is InChI=1S/C21H17ClFN5O2/c22-16-9-14(4-5-17(16)23)30-12-19-27-20-15(21(29)28-19)6-8-26-18(20)11-24-10-13-3-1-2-7-25-13/h1-9,24H,10-12H2,(H,27,28,29). The van der Waals surface area contributed by atoms with Crippen molar-refractivity contribution in [3.8, 4) is 5.75 Å². The molecule has 0 saturated heterocycles. The van der Waals surface area contributed by atoms with E-state index in [2.05, 4.69) is 25.3 Å². The first-order valence-electron chi connectivity index (χ1n) is 9.15. The Kier molecular flexibility index (Phi) is 5.97. The van der Waals surface area contributed by atoms with E-state index in [1.807, 2.05) is 18.2 Å². The van der Waals surface area contributed by atoms with Crippen LogP contribution in [0.1, 0.15) is 17.2 Å². The van der Waals surface area contributed by atoms with Crippen LogP contribution >= 0.6 is 11.6 Å². The summed E-state index contributed by atoms with van der Waals surface area (Å²) in [5.74, 6) is 0.162. The highest BCUT2D eigenvalue weighted by molar-refractivity contribution is 6.30. The predicted octanol–water partition coefficient (Wildman–Crippen LogP) is 3.37. The molecule has 0 unspecified atom stereocenters. The number of fused-ring (bicyclic) bond motifs is 1. The third-order valence-electron chi connectivity index (χ3n) is 4.34. The van der Waals surface area contributed by atoms with Crippen LogP contribution in [0.3, 0.4) is 0 Å². The van der Waals surface area contributed by atoms with Crippen molar-refractivity contribution in [2.24, 2.45) is 0 Å². The van der Waals surface area contributed by atoms with E-state index < -0.39 is 5.82 Å². The van der Waals surface area contributed by atoms with Gasteiger partial charge in [-0.1, -0.05) is 17.7 Å². The third kappa shape index (κ3) is 4.61. The molecular formula is C21H17ClFN5O2. The fraction of sp³-hybridized carbons (Fsp3) is 0.143. The number of rotatable bonds is 7. The van der Waals surface area contributed by atoms with Crippen LogP contribution in [-0.4, -0.2) is 19.9 Å². The van der Waals surface area contributed by atoms with Crippen LogP contribution in [0.15, 0.2) is 59.7 Å². The Hall–Kier alpha value is -3.36. The molecule has 0 aliphatic rings. The van der Waals surface area contributed by atoms with E-state index in [0.29, 0.717) is 41.3 Å². The van der Waals surface area contributed by atoms with Crippen molar-refractivity contribution in [2.45, 2.75) is 19.7 Å². The third-order valence-corrected chi connectivity index (χ3v) is 4.63. The largest absolute Gasteiger partial charge is 0.486 e. The first-order chi connectivity index (χ1) is 14.6. The maximum absolute atomic E-state index is 13.3. The summed E-state index contributed by atoms with van der Waals surface area (Å²) in [6.07, 6.45) is 3.31. The number of benzene rings is 1. The van der Waals surface area contributed by atoms with Crippen LogP contribution < -0.4 is 15.6 Å². The highest BCUT2D eigenvalue weighted by Gasteiger charge is 2.10. The minimum absolute atomic E-state index is 0.0111. The Labute approximate surface area is 175 Å². The van der Waals surface area contributed by atoms with Gasteiger partial charge in [0.05, 0.1) is 21.8 Å². The van der Waals surface area contributed by atoms with Gasteiger partial charge in [-0.2, -0.15) is 0 Å². The van der Waals surface area contributed by atoms with E-state index in [4.69, 9.17) is 16.3 Å². The first-order valence-corrected chi connectivity index (χ1v) is 9.53. The highest BCUT2D eigenvalue weighted by Crippen LogP contribution is 2.21. The molecule has 3 heterocycles. The average Bonchev–Trinajstić information content (AvgIpc) is 2.76.